The lowest BCUT2D eigenvalue weighted by Crippen LogP contribution is -3.00. The van der Waals surface area contributed by atoms with Crippen molar-refractivity contribution < 1.29 is 10.0 Å². The molecular formula is C17H20N4O3. The quantitative estimate of drug-likeness (QED) is 0.583. The van der Waals surface area contributed by atoms with Crippen LogP contribution in [0.25, 0.3) is 0 Å². The van der Waals surface area contributed by atoms with Crippen molar-refractivity contribution in [3.05, 3.63) is 63.3 Å². The summed E-state index contributed by atoms with van der Waals surface area (Å²) in [7, 11) is 4.02. The smallest absolute Gasteiger partial charge is 0.328 e. The third-order valence-corrected chi connectivity index (χ3v) is 3.57. The highest BCUT2D eigenvalue weighted by molar-refractivity contribution is 6.01. The minimum atomic E-state index is -0.750. The number of benzene rings is 1. The Morgan fingerprint density at radius 3 is 2.50 bits per heavy atom. The van der Waals surface area contributed by atoms with Crippen LogP contribution in [0.15, 0.2) is 51.5 Å². The van der Waals surface area contributed by atoms with E-state index >= 15 is 0 Å². The average molecular weight is 328 g/mol. The molecule has 0 bridgehead atoms. The van der Waals surface area contributed by atoms with Gasteiger partial charge in [0.15, 0.2) is 0 Å². The van der Waals surface area contributed by atoms with Gasteiger partial charge in [-0.3, -0.25) is 14.8 Å². The molecule has 7 nitrogen and oxygen atoms in total. The summed E-state index contributed by atoms with van der Waals surface area (Å²) in [6.07, 6.45) is 1.42. The highest BCUT2D eigenvalue weighted by Crippen LogP contribution is 2.17. The number of H-pyrrole nitrogens is 1. The second kappa shape index (κ2) is 7.10. The minimum Gasteiger partial charge on any atom is -0.859 e. The van der Waals surface area contributed by atoms with Crippen molar-refractivity contribution >= 4 is 17.1 Å². The number of hydrogen-bond donors (Lipinski definition) is 2. The predicted octanol–water partition coefficient (Wildman–Crippen LogP) is -0.287. The van der Waals surface area contributed by atoms with E-state index in [1.54, 1.807) is 6.92 Å². The van der Waals surface area contributed by atoms with E-state index in [1.165, 1.54) is 11.0 Å². The Morgan fingerprint density at radius 1 is 1.33 bits per heavy atom. The first-order valence-corrected chi connectivity index (χ1v) is 7.46. The number of nitrogens with zero attached hydrogens (tertiary/aromatic N) is 2. The minimum absolute atomic E-state index is 0.0229. The number of allylic oxidation sites excluding steroid dienone is 1. The molecular weight excluding hydrogens is 308 g/mol. The number of quaternary nitrogens is 1. The van der Waals surface area contributed by atoms with Crippen LogP contribution in [0.1, 0.15) is 12.5 Å². The summed E-state index contributed by atoms with van der Waals surface area (Å²) in [5.41, 5.74) is 0.342. The highest BCUT2D eigenvalue weighted by atomic mass is 16.3. The van der Waals surface area contributed by atoms with E-state index in [9.17, 15) is 14.7 Å². The second-order valence-electron chi connectivity index (χ2n) is 5.58. The van der Waals surface area contributed by atoms with Crippen LogP contribution in [0.3, 0.4) is 0 Å². The summed E-state index contributed by atoms with van der Waals surface area (Å²) in [6.45, 7) is 5.09. The molecule has 1 aromatic carbocycles. The first-order valence-electron chi connectivity index (χ1n) is 7.46. The summed E-state index contributed by atoms with van der Waals surface area (Å²) in [5.74, 6) is -0.667. The molecule has 0 unspecified atom stereocenters. The Bertz CT molecular complexity index is 890. The van der Waals surface area contributed by atoms with Gasteiger partial charge in [0.25, 0.3) is 5.56 Å². The van der Waals surface area contributed by atoms with Gasteiger partial charge in [-0.1, -0.05) is 6.08 Å². The Kier molecular flexibility index (Phi) is 5.15. The van der Waals surface area contributed by atoms with Crippen molar-refractivity contribution in [1.29, 1.82) is 0 Å². The summed E-state index contributed by atoms with van der Waals surface area (Å²) in [4.78, 5) is 31.4. The van der Waals surface area contributed by atoms with E-state index in [-0.39, 0.29) is 17.8 Å². The van der Waals surface area contributed by atoms with Gasteiger partial charge < -0.3 is 14.6 Å². The van der Waals surface area contributed by atoms with Crippen molar-refractivity contribution in [2.24, 2.45) is 4.99 Å². The van der Waals surface area contributed by atoms with Crippen molar-refractivity contribution in [1.82, 2.24) is 9.55 Å². The lowest BCUT2D eigenvalue weighted by atomic mass is 10.2. The first kappa shape index (κ1) is 17.4. The molecule has 2 N–H and O–H groups in total. The SMILES string of the molecule is C=CCn1c([O-])c(C(C)=Nc2ccc([NH+](C)C)cc2)c(=O)[nH]c1=O. The molecule has 2 aromatic rings. The van der Waals surface area contributed by atoms with Gasteiger partial charge in [-0.25, -0.2) is 4.79 Å². The summed E-state index contributed by atoms with van der Waals surface area (Å²) in [6, 6.07) is 7.46. The van der Waals surface area contributed by atoms with Crippen molar-refractivity contribution in [3.8, 4) is 5.88 Å². The lowest BCUT2D eigenvalue weighted by Gasteiger charge is -2.18. The van der Waals surface area contributed by atoms with Crippen molar-refractivity contribution in [2.75, 3.05) is 14.1 Å². The van der Waals surface area contributed by atoms with Crippen LogP contribution in [0.5, 0.6) is 5.88 Å². The number of aromatic nitrogens is 2. The lowest BCUT2D eigenvalue weighted by molar-refractivity contribution is -0.786. The van der Waals surface area contributed by atoms with Crippen LogP contribution < -0.4 is 21.3 Å². The normalized spacial score (nSPS) is 11.8. The molecule has 0 spiro atoms. The summed E-state index contributed by atoms with van der Waals surface area (Å²) < 4.78 is 0.918. The molecule has 0 saturated carbocycles. The maximum absolute atomic E-state index is 12.4. The Labute approximate surface area is 139 Å². The zero-order valence-corrected chi connectivity index (χ0v) is 13.9. The average Bonchev–Trinajstić information content (AvgIpc) is 2.51. The number of hydrogen-bond acceptors (Lipinski definition) is 4. The third-order valence-electron chi connectivity index (χ3n) is 3.57. The summed E-state index contributed by atoms with van der Waals surface area (Å²) in [5, 5.41) is 12.4. The molecule has 1 heterocycles. The van der Waals surface area contributed by atoms with Gasteiger partial charge in [0, 0.05) is 18.7 Å². The summed E-state index contributed by atoms with van der Waals surface area (Å²) >= 11 is 0. The Balaban J connectivity index is 2.50. The predicted molar refractivity (Wildman–Crippen MR) is 91.7 cm³/mol. The van der Waals surface area contributed by atoms with Gasteiger partial charge in [0.05, 0.1) is 31.1 Å². The molecule has 0 atom stereocenters. The maximum atomic E-state index is 12.4. The van der Waals surface area contributed by atoms with E-state index in [4.69, 9.17) is 0 Å². The molecule has 24 heavy (non-hydrogen) atoms. The molecule has 0 radical (unpaired) electrons. The third kappa shape index (κ3) is 3.52. The highest BCUT2D eigenvalue weighted by Gasteiger charge is 2.10. The largest absolute Gasteiger partial charge is 0.859 e. The molecule has 0 amide bonds. The van der Waals surface area contributed by atoms with Crippen molar-refractivity contribution in [2.45, 2.75) is 13.5 Å². The topological polar surface area (TPSA) is 94.7 Å². The number of aliphatic imine (C=N–C) groups is 1. The standard InChI is InChI=1S/C17H20N4O3/c1-5-10-21-16(23)14(15(22)19-17(21)24)11(2)18-12-6-8-13(9-7-12)20(3)4/h5-9,23H,1,10H2,2-4H3,(H,19,22,24). The van der Waals surface area contributed by atoms with Gasteiger partial charge >= 0.3 is 5.69 Å². The van der Waals surface area contributed by atoms with Crippen LogP contribution in [0, 0.1) is 0 Å². The van der Waals surface area contributed by atoms with Crippen LogP contribution in [-0.4, -0.2) is 29.4 Å². The van der Waals surface area contributed by atoms with Gasteiger partial charge in [-0.05, 0) is 24.9 Å². The Hall–Kier alpha value is -2.93. The number of rotatable bonds is 5. The number of aromatic amines is 1. The fraction of sp³-hybridized carbons (Fsp3) is 0.235. The van der Waals surface area contributed by atoms with E-state index in [0.29, 0.717) is 5.69 Å². The second-order valence-corrected chi connectivity index (χ2v) is 5.58. The maximum Gasteiger partial charge on any atom is 0.328 e. The van der Waals surface area contributed by atoms with Gasteiger partial charge in [0.1, 0.15) is 5.69 Å². The zero-order chi connectivity index (χ0) is 17.9. The number of nitrogens with one attached hydrogen (secondary N) is 2. The molecule has 0 aliphatic carbocycles. The Morgan fingerprint density at radius 2 is 1.96 bits per heavy atom. The first-order chi connectivity index (χ1) is 11.3. The molecule has 0 fully saturated rings. The molecule has 0 aliphatic heterocycles. The molecule has 1 aromatic heterocycles. The van der Waals surface area contributed by atoms with Crippen LogP contribution >= 0.6 is 0 Å². The fourth-order valence-corrected chi connectivity index (χ4v) is 2.28. The fourth-order valence-electron chi connectivity index (χ4n) is 2.28. The van der Waals surface area contributed by atoms with Crippen molar-refractivity contribution in [3.63, 3.8) is 0 Å². The van der Waals surface area contributed by atoms with E-state index in [2.05, 4.69) is 16.6 Å². The molecule has 0 saturated heterocycles. The molecule has 0 aliphatic rings. The van der Waals surface area contributed by atoms with Crippen LogP contribution in [0.2, 0.25) is 0 Å². The molecule has 126 valence electrons. The zero-order valence-electron chi connectivity index (χ0n) is 13.9. The van der Waals surface area contributed by atoms with Gasteiger partial charge in [0.2, 0.25) is 0 Å². The van der Waals surface area contributed by atoms with E-state index in [1.807, 2.05) is 38.4 Å². The molecule has 7 heteroatoms. The van der Waals surface area contributed by atoms with E-state index < -0.39 is 17.1 Å². The van der Waals surface area contributed by atoms with Crippen LogP contribution in [-0.2, 0) is 6.54 Å². The van der Waals surface area contributed by atoms with Crippen LogP contribution in [0.4, 0.5) is 11.4 Å². The van der Waals surface area contributed by atoms with Gasteiger partial charge in [-0.2, -0.15) is 0 Å². The molecule has 2 rings (SSSR count). The van der Waals surface area contributed by atoms with E-state index in [0.717, 1.165) is 10.3 Å². The van der Waals surface area contributed by atoms with Gasteiger partial charge in [-0.15, -0.1) is 6.58 Å². The monoisotopic (exact) mass is 328 g/mol.